The molecule has 4 rings (SSSR count). The number of benzene rings is 2. The van der Waals surface area contributed by atoms with E-state index < -0.39 is 0 Å². The van der Waals surface area contributed by atoms with Crippen LogP contribution in [0, 0.1) is 5.82 Å². The number of hydrogen-bond donors (Lipinski definition) is 0. The summed E-state index contributed by atoms with van der Waals surface area (Å²) in [5, 5.41) is 0. The van der Waals surface area contributed by atoms with Crippen molar-refractivity contribution in [3.05, 3.63) is 60.7 Å². The summed E-state index contributed by atoms with van der Waals surface area (Å²) in [4.78, 5) is 9.07. The maximum Gasteiger partial charge on any atom is 0.146 e. The number of aromatic nitrogens is 2. The van der Waals surface area contributed by atoms with Crippen molar-refractivity contribution in [3.63, 3.8) is 0 Å². The van der Waals surface area contributed by atoms with E-state index >= 15 is 0 Å². The molecule has 5 heteroatoms. The fraction of sp³-hybridized carbons (Fsp3) is 0.381. The van der Waals surface area contributed by atoms with Crippen molar-refractivity contribution in [2.45, 2.75) is 25.4 Å². The van der Waals surface area contributed by atoms with Gasteiger partial charge in [-0.25, -0.2) is 9.37 Å². The summed E-state index contributed by atoms with van der Waals surface area (Å²) in [6.45, 7) is 3.74. The van der Waals surface area contributed by atoms with Gasteiger partial charge in [0.25, 0.3) is 0 Å². The number of imidazole rings is 1. The van der Waals surface area contributed by atoms with Gasteiger partial charge in [0.2, 0.25) is 0 Å². The number of nitrogens with zero attached hydrogens (tertiary/aromatic N) is 4. The monoisotopic (exact) mass is 352 g/mol. The Bertz CT molecular complexity index is 867. The molecule has 26 heavy (non-hydrogen) atoms. The maximum absolute atomic E-state index is 14.0. The summed E-state index contributed by atoms with van der Waals surface area (Å²) >= 11 is 0. The summed E-state index contributed by atoms with van der Waals surface area (Å²) in [6, 6.07) is 15.9. The van der Waals surface area contributed by atoms with E-state index in [9.17, 15) is 4.39 Å². The molecule has 0 atom stereocenters. The molecule has 2 aromatic carbocycles. The second kappa shape index (κ2) is 7.46. The van der Waals surface area contributed by atoms with Crippen molar-refractivity contribution < 1.29 is 4.39 Å². The summed E-state index contributed by atoms with van der Waals surface area (Å²) in [5.41, 5.74) is 2.97. The number of hydrogen-bond acceptors (Lipinski definition) is 3. The zero-order valence-corrected chi connectivity index (χ0v) is 15.2. The van der Waals surface area contributed by atoms with Crippen molar-refractivity contribution in [2.75, 3.05) is 31.6 Å². The van der Waals surface area contributed by atoms with Crippen LogP contribution in [-0.4, -0.2) is 47.2 Å². The molecular weight excluding hydrogens is 327 g/mol. The summed E-state index contributed by atoms with van der Waals surface area (Å²) in [5.74, 6) is -0.119. The van der Waals surface area contributed by atoms with Gasteiger partial charge in [0.15, 0.2) is 0 Å². The average Bonchev–Trinajstić information content (AvgIpc) is 3.10. The lowest BCUT2D eigenvalue weighted by Crippen LogP contribution is -2.44. The second-order valence-electron chi connectivity index (χ2n) is 7.08. The highest BCUT2D eigenvalue weighted by Crippen LogP contribution is 2.24. The minimum atomic E-state index is -0.119. The van der Waals surface area contributed by atoms with Crippen LogP contribution < -0.4 is 4.90 Å². The van der Waals surface area contributed by atoms with Gasteiger partial charge in [-0.05, 0) is 44.2 Å². The van der Waals surface area contributed by atoms with E-state index in [2.05, 4.69) is 38.5 Å². The van der Waals surface area contributed by atoms with Crippen LogP contribution in [0.2, 0.25) is 0 Å². The van der Waals surface area contributed by atoms with Crippen molar-refractivity contribution in [1.82, 2.24) is 14.5 Å². The van der Waals surface area contributed by atoms with Crippen molar-refractivity contribution in [1.29, 1.82) is 0 Å². The molecule has 1 aliphatic rings. The van der Waals surface area contributed by atoms with Crippen molar-refractivity contribution in [3.8, 4) is 0 Å². The topological polar surface area (TPSA) is 24.3 Å². The van der Waals surface area contributed by atoms with Crippen LogP contribution in [0.25, 0.3) is 11.0 Å². The largest absolute Gasteiger partial charge is 0.369 e. The van der Waals surface area contributed by atoms with Gasteiger partial charge in [0.05, 0.1) is 23.0 Å². The van der Waals surface area contributed by atoms with Gasteiger partial charge >= 0.3 is 0 Å². The lowest BCUT2D eigenvalue weighted by molar-refractivity contribution is 0.201. The van der Waals surface area contributed by atoms with Gasteiger partial charge in [-0.2, -0.15) is 0 Å². The van der Waals surface area contributed by atoms with Gasteiger partial charge in [0.1, 0.15) is 5.82 Å². The van der Waals surface area contributed by atoms with Crippen LogP contribution in [-0.2, 0) is 6.54 Å². The van der Waals surface area contributed by atoms with Gasteiger partial charge < -0.3 is 14.4 Å². The molecule has 0 N–H and O–H groups in total. The molecule has 1 aliphatic heterocycles. The lowest BCUT2D eigenvalue weighted by Gasteiger charge is -2.38. The molecule has 0 amide bonds. The van der Waals surface area contributed by atoms with E-state index in [4.69, 9.17) is 0 Å². The fourth-order valence-electron chi connectivity index (χ4n) is 3.89. The Morgan fingerprint density at radius 3 is 2.62 bits per heavy atom. The molecule has 0 unspecified atom stereocenters. The van der Waals surface area contributed by atoms with Crippen LogP contribution >= 0.6 is 0 Å². The fourth-order valence-corrected chi connectivity index (χ4v) is 3.89. The lowest BCUT2D eigenvalue weighted by atomic mass is 10.0. The van der Waals surface area contributed by atoms with Crippen LogP contribution in [0.15, 0.2) is 54.9 Å². The Hall–Kier alpha value is -2.40. The summed E-state index contributed by atoms with van der Waals surface area (Å²) in [6.07, 6.45) is 4.06. The maximum atomic E-state index is 14.0. The molecule has 0 spiro atoms. The van der Waals surface area contributed by atoms with E-state index in [0.29, 0.717) is 6.04 Å². The molecular formula is C21H25FN4. The van der Waals surface area contributed by atoms with E-state index in [0.717, 1.165) is 50.2 Å². The Balaban J connectivity index is 1.32. The first-order valence-corrected chi connectivity index (χ1v) is 9.32. The number of fused-ring (bicyclic) bond motifs is 1. The van der Waals surface area contributed by atoms with E-state index in [1.165, 1.54) is 5.52 Å². The van der Waals surface area contributed by atoms with Crippen molar-refractivity contribution in [2.24, 2.45) is 0 Å². The van der Waals surface area contributed by atoms with Gasteiger partial charge in [-0.1, -0.05) is 24.3 Å². The van der Waals surface area contributed by atoms with E-state index in [-0.39, 0.29) is 5.82 Å². The van der Waals surface area contributed by atoms with E-state index in [1.807, 2.05) is 30.6 Å². The number of anilines is 1. The Morgan fingerprint density at radius 2 is 1.81 bits per heavy atom. The zero-order chi connectivity index (χ0) is 17.9. The first-order valence-electron chi connectivity index (χ1n) is 9.32. The number of piperidine rings is 1. The molecule has 3 aromatic rings. The number of likely N-dealkylation sites (N-methyl/N-ethyl adjacent to an activating group) is 1. The van der Waals surface area contributed by atoms with Crippen LogP contribution in [0.4, 0.5) is 10.1 Å². The first-order chi connectivity index (χ1) is 12.7. The minimum absolute atomic E-state index is 0.119. The average molecular weight is 352 g/mol. The molecule has 0 aliphatic carbocycles. The highest BCUT2D eigenvalue weighted by molar-refractivity contribution is 5.74. The highest BCUT2D eigenvalue weighted by Gasteiger charge is 2.23. The minimum Gasteiger partial charge on any atom is -0.369 e. The van der Waals surface area contributed by atoms with E-state index in [1.54, 1.807) is 12.1 Å². The molecule has 136 valence electrons. The molecule has 1 aromatic heterocycles. The number of rotatable bonds is 5. The number of halogens is 1. The van der Waals surface area contributed by atoms with Gasteiger partial charge in [0, 0.05) is 32.2 Å². The third kappa shape index (κ3) is 3.44. The molecule has 0 bridgehead atoms. The second-order valence-corrected chi connectivity index (χ2v) is 7.08. The third-order valence-electron chi connectivity index (χ3n) is 5.50. The van der Waals surface area contributed by atoms with Crippen LogP contribution in [0.5, 0.6) is 0 Å². The number of para-hydroxylation sites is 3. The zero-order valence-electron chi connectivity index (χ0n) is 15.2. The Labute approximate surface area is 153 Å². The smallest absolute Gasteiger partial charge is 0.146 e. The Kier molecular flexibility index (Phi) is 4.89. The van der Waals surface area contributed by atoms with Gasteiger partial charge in [-0.15, -0.1) is 0 Å². The highest BCUT2D eigenvalue weighted by atomic mass is 19.1. The molecule has 2 heterocycles. The normalized spacial score (nSPS) is 15.9. The van der Waals surface area contributed by atoms with Gasteiger partial charge in [-0.3, -0.25) is 0 Å². The molecule has 0 radical (unpaired) electrons. The first kappa shape index (κ1) is 17.0. The quantitative estimate of drug-likeness (QED) is 0.698. The predicted octanol–water partition coefficient (Wildman–Crippen LogP) is 3.78. The van der Waals surface area contributed by atoms with Crippen molar-refractivity contribution >= 4 is 16.7 Å². The molecule has 4 nitrogen and oxygen atoms in total. The van der Waals surface area contributed by atoms with Crippen LogP contribution in [0.1, 0.15) is 12.8 Å². The molecule has 0 saturated carbocycles. The van der Waals surface area contributed by atoms with Crippen LogP contribution in [0.3, 0.4) is 0 Å². The summed E-state index contributed by atoms with van der Waals surface area (Å²) in [7, 11) is 2.20. The standard InChI is InChI=1S/C21H25FN4/c1-24(14-15-26-16-23-19-7-3-5-9-21(19)26)17-10-12-25(13-11-17)20-8-4-2-6-18(20)22/h2-9,16-17H,10-15H2,1H3. The Morgan fingerprint density at radius 1 is 1.08 bits per heavy atom. The summed E-state index contributed by atoms with van der Waals surface area (Å²) < 4.78 is 16.2. The molecule has 1 saturated heterocycles. The third-order valence-corrected chi connectivity index (χ3v) is 5.50. The SMILES string of the molecule is CN(CCn1cnc2ccccc21)C1CCN(c2ccccc2F)CC1. The predicted molar refractivity (Wildman–Crippen MR) is 104 cm³/mol. The molecule has 1 fully saturated rings.